The lowest BCUT2D eigenvalue weighted by Gasteiger charge is -2.09. The van der Waals surface area contributed by atoms with Crippen molar-refractivity contribution in [2.24, 2.45) is 0 Å². The molecule has 0 unspecified atom stereocenters. The van der Waals surface area contributed by atoms with E-state index >= 15 is 0 Å². The molecule has 0 atom stereocenters. The number of benzene rings is 1. The van der Waals surface area contributed by atoms with Gasteiger partial charge in [0.15, 0.2) is 0 Å². The first-order valence-electron chi connectivity index (χ1n) is 12.8. The van der Waals surface area contributed by atoms with E-state index in [1.165, 1.54) is 102 Å². The van der Waals surface area contributed by atoms with E-state index in [4.69, 9.17) is 0 Å². The first kappa shape index (κ1) is 28.5. The zero-order valence-electron chi connectivity index (χ0n) is 20.5. The van der Waals surface area contributed by atoms with E-state index in [9.17, 15) is 13.2 Å². The molecule has 184 valence electrons. The van der Waals surface area contributed by atoms with Crippen LogP contribution in [0.3, 0.4) is 0 Å². The first-order valence-corrected chi connectivity index (χ1v) is 14.3. The normalized spacial score (nSPS) is 11.4. The predicted octanol–water partition coefficient (Wildman–Crippen LogP) is 7.24. The van der Waals surface area contributed by atoms with Gasteiger partial charge in [-0.1, -0.05) is 121 Å². The summed E-state index contributed by atoms with van der Waals surface area (Å²) >= 11 is 0. The summed E-state index contributed by atoms with van der Waals surface area (Å²) in [5.74, 6) is 0. The minimum Gasteiger partial charge on any atom is -0.337 e. The second kappa shape index (κ2) is 17.9. The van der Waals surface area contributed by atoms with Crippen molar-refractivity contribution in [2.75, 3.05) is 6.54 Å². The molecule has 0 radical (unpaired) electrons. The molecule has 5 nitrogen and oxygen atoms in total. The van der Waals surface area contributed by atoms with Gasteiger partial charge in [-0.25, -0.2) is 17.9 Å². The molecule has 0 spiro atoms. The molecule has 2 amide bonds. The fraction of sp³-hybridized carbons (Fsp3) is 0.731. The van der Waals surface area contributed by atoms with Gasteiger partial charge in [-0.05, 0) is 25.5 Å². The highest BCUT2D eigenvalue weighted by atomic mass is 32.2. The van der Waals surface area contributed by atoms with Gasteiger partial charge in [-0.15, -0.1) is 0 Å². The molecule has 0 aliphatic carbocycles. The number of nitrogens with one attached hydrogen (secondary N) is 2. The van der Waals surface area contributed by atoms with Crippen LogP contribution in [-0.4, -0.2) is 21.0 Å². The molecule has 1 rings (SSSR count). The molecule has 0 saturated heterocycles. The highest BCUT2D eigenvalue weighted by Gasteiger charge is 2.16. The van der Waals surface area contributed by atoms with Gasteiger partial charge in [0.05, 0.1) is 4.90 Å². The van der Waals surface area contributed by atoms with Gasteiger partial charge >= 0.3 is 6.03 Å². The van der Waals surface area contributed by atoms with E-state index in [0.29, 0.717) is 6.54 Å². The van der Waals surface area contributed by atoms with Crippen LogP contribution in [-0.2, 0) is 10.0 Å². The summed E-state index contributed by atoms with van der Waals surface area (Å²) in [4.78, 5) is 12.0. The molecule has 0 aliphatic heterocycles. The average Bonchev–Trinajstić information content (AvgIpc) is 2.76. The first-order chi connectivity index (χ1) is 15.5. The number of hydrogen-bond acceptors (Lipinski definition) is 3. The lowest BCUT2D eigenvalue weighted by molar-refractivity contribution is 0.245. The monoisotopic (exact) mass is 466 g/mol. The number of aryl methyl sites for hydroxylation is 1. The van der Waals surface area contributed by atoms with Gasteiger partial charge in [0, 0.05) is 6.54 Å². The lowest BCUT2D eigenvalue weighted by Crippen LogP contribution is -2.39. The van der Waals surface area contributed by atoms with Crippen LogP contribution in [0, 0.1) is 6.92 Å². The Balaban J connectivity index is 1.90. The Kier molecular flexibility index (Phi) is 16.0. The number of rotatable bonds is 19. The second-order valence-corrected chi connectivity index (χ2v) is 10.7. The number of urea groups is 1. The summed E-state index contributed by atoms with van der Waals surface area (Å²) in [5.41, 5.74) is 0.969. The van der Waals surface area contributed by atoms with Crippen LogP contribution < -0.4 is 10.0 Å². The van der Waals surface area contributed by atoms with Crippen LogP contribution >= 0.6 is 0 Å². The third kappa shape index (κ3) is 14.5. The van der Waals surface area contributed by atoms with Gasteiger partial charge < -0.3 is 5.32 Å². The number of amides is 2. The second-order valence-electron chi connectivity index (χ2n) is 8.98. The van der Waals surface area contributed by atoms with Crippen molar-refractivity contribution in [3.63, 3.8) is 0 Å². The van der Waals surface area contributed by atoms with Gasteiger partial charge in [0.2, 0.25) is 0 Å². The molecule has 0 fully saturated rings. The van der Waals surface area contributed by atoms with E-state index in [0.717, 1.165) is 18.4 Å². The van der Waals surface area contributed by atoms with Gasteiger partial charge in [0.1, 0.15) is 0 Å². The molecule has 0 saturated carbocycles. The van der Waals surface area contributed by atoms with Gasteiger partial charge in [0.25, 0.3) is 10.0 Å². The molecule has 2 N–H and O–H groups in total. The van der Waals surface area contributed by atoms with E-state index in [1.54, 1.807) is 12.1 Å². The minimum absolute atomic E-state index is 0.0978. The largest absolute Gasteiger partial charge is 0.337 e. The lowest BCUT2D eigenvalue weighted by atomic mass is 10.0. The van der Waals surface area contributed by atoms with Crippen molar-refractivity contribution in [1.29, 1.82) is 0 Å². The van der Waals surface area contributed by atoms with Crippen LogP contribution in [0.4, 0.5) is 4.79 Å². The van der Waals surface area contributed by atoms with Crippen LogP contribution in [0.2, 0.25) is 0 Å². The van der Waals surface area contributed by atoms with Crippen molar-refractivity contribution in [3.05, 3.63) is 29.8 Å². The van der Waals surface area contributed by atoms with Crippen molar-refractivity contribution in [1.82, 2.24) is 10.0 Å². The molecule has 32 heavy (non-hydrogen) atoms. The SMILES string of the molecule is CCCCCCCCCCCCCCCCCCNC(=O)NS(=O)(=O)c1ccc(C)cc1. The zero-order chi connectivity index (χ0) is 23.5. The minimum atomic E-state index is -3.81. The topological polar surface area (TPSA) is 75.3 Å². The maximum Gasteiger partial charge on any atom is 0.328 e. The Morgan fingerprint density at radius 1 is 0.688 bits per heavy atom. The van der Waals surface area contributed by atoms with Crippen LogP contribution in [0.1, 0.15) is 115 Å². The molecule has 0 bridgehead atoms. The quantitative estimate of drug-likeness (QED) is 0.211. The van der Waals surface area contributed by atoms with Crippen molar-refractivity contribution >= 4 is 16.1 Å². The highest BCUT2D eigenvalue weighted by molar-refractivity contribution is 7.90. The molecule has 6 heteroatoms. The van der Waals surface area contributed by atoms with Crippen molar-refractivity contribution in [3.8, 4) is 0 Å². The van der Waals surface area contributed by atoms with Crippen molar-refractivity contribution in [2.45, 2.75) is 121 Å². The number of unbranched alkanes of at least 4 members (excludes halogenated alkanes) is 15. The molecule has 0 aromatic heterocycles. The van der Waals surface area contributed by atoms with E-state index in [-0.39, 0.29) is 4.90 Å². The van der Waals surface area contributed by atoms with E-state index in [2.05, 4.69) is 17.0 Å². The Hall–Kier alpha value is -1.56. The number of carbonyl (C=O) groups is 1. The Morgan fingerprint density at radius 2 is 1.09 bits per heavy atom. The summed E-state index contributed by atoms with van der Waals surface area (Å²) in [6, 6.07) is 5.76. The molecular formula is C26H46N2O3S. The Bertz CT molecular complexity index is 702. The molecule has 0 heterocycles. The third-order valence-corrected chi connectivity index (χ3v) is 7.22. The molecule has 1 aromatic carbocycles. The van der Waals surface area contributed by atoms with Crippen LogP contribution in [0.5, 0.6) is 0 Å². The van der Waals surface area contributed by atoms with Crippen LogP contribution in [0.25, 0.3) is 0 Å². The fourth-order valence-corrected chi connectivity index (χ4v) is 4.74. The van der Waals surface area contributed by atoms with Gasteiger partial charge in [-0.2, -0.15) is 0 Å². The van der Waals surface area contributed by atoms with E-state index < -0.39 is 16.1 Å². The summed E-state index contributed by atoms with van der Waals surface area (Å²) in [7, 11) is -3.81. The number of hydrogen-bond donors (Lipinski definition) is 2. The molecule has 1 aromatic rings. The summed E-state index contributed by atoms with van der Waals surface area (Å²) < 4.78 is 26.4. The van der Waals surface area contributed by atoms with Crippen molar-refractivity contribution < 1.29 is 13.2 Å². The van der Waals surface area contributed by atoms with E-state index in [1.807, 2.05) is 6.92 Å². The third-order valence-electron chi connectivity index (χ3n) is 5.87. The summed E-state index contributed by atoms with van der Waals surface area (Å²) in [6.07, 6.45) is 20.9. The molecule has 0 aliphatic rings. The number of sulfonamides is 1. The van der Waals surface area contributed by atoms with Crippen LogP contribution in [0.15, 0.2) is 29.2 Å². The Morgan fingerprint density at radius 3 is 1.53 bits per heavy atom. The average molecular weight is 467 g/mol. The predicted molar refractivity (Wildman–Crippen MR) is 134 cm³/mol. The molecular weight excluding hydrogens is 420 g/mol. The maximum atomic E-state index is 12.2. The summed E-state index contributed by atoms with van der Waals surface area (Å²) in [5, 5.41) is 2.64. The fourth-order valence-electron chi connectivity index (χ4n) is 3.81. The standard InChI is InChI=1S/C26H46N2O3S/c1-3-4-5-6-7-8-9-10-11-12-13-14-15-16-17-18-23-27-26(29)28-32(30,31)25-21-19-24(2)20-22-25/h19-22H,3-18,23H2,1-2H3,(H2,27,28,29). The Labute approximate surface area is 197 Å². The maximum absolute atomic E-state index is 12.2. The number of carbonyl (C=O) groups excluding carboxylic acids is 1. The smallest absolute Gasteiger partial charge is 0.328 e. The zero-order valence-corrected chi connectivity index (χ0v) is 21.3. The van der Waals surface area contributed by atoms with Gasteiger partial charge in [-0.3, -0.25) is 0 Å². The highest BCUT2D eigenvalue weighted by Crippen LogP contribution is 2.14. The summed E-state index contributed by atoms with van der Waals surface area (Å²) in [6.45, 7) is 4.64.